The van der Waals surface area contributed by atoms with Crippen molar-refractivity contribution in [3.05, 3.63) is 24.3 Å². The molecule has 64 valence electrons. The molecular weight excluding hydrogens is 156 g/mol. The van der Waals surface area contributed by atoms with E-state index in [2.05, 4.69) is 14.7 Å². The highest BCUT2D eigenvalue weighted by Crippen LogP contribution is 1.97. The molecule has 0 aliphatic heterocycles. The molecule has 0 atom stereocenters. The molecule has 4 nitrogen and oxygen atoms in total. The number of carbonyl (C=O) groups is 1. The second-order valence-electron chi connectivity index (χ2n) is 2.28. The zero-order valence-electron chi connectivity index (χ0n) is 6.86. The van der Waals surface area contributed by atoms with E-state index in [-0.39, 0.29) is 5.97 Å². The van der Waals surface area contributed by atoms with E-state index in [1.165, 1.54) is 13.4 Å². The fourth-order valence-corrected chi connectivity index (χ4v) is 0.798. The zero-order chi connectivity index (χ0) is 8.81. The van der Waals surface area contributed by atoms with E-state index in [9.17, 15) is 4.79 Å². The Morgan fingerprint density at radius 1 is 1.67 bits per heavy atom. The number of esters is 1. The number of carbonyl (C=O) groups excluding carboxylic acids is 1. The molecule has 0 aliphatic rings. The minimum atomic E-state index is -0.214. The van der Waals surface area contributed by atoms with Gasteiger partial charge in [-0.2, -0.15) is 0 Å². The Balaban J connectivity index is 2.38. The number of aromatic nitrogens is 2. The Morgan fingerprint density at radius 3 is 3.08 bits per heavy atom. The maximum Gasteiger partial charge on any atom is 0.305 e. The highest BCUT2D eigenvalue weighted by molar-refractivity contribution is 5.69. The van der Waals surface area contributed by atoms with Gasteiger partial charge >= 0.3 is 5.97 Å². The topological polar surface area (TPSA) is 52.1 Å². The van der Waals surface area contributed by atoms with E-state index in [0.717, 1.165) is 5.69 Å². The van der Waals surface area contributed by atoms with Crippen LogP contribution in [0.15, 0.2) is 18.6 Å². The van der Waals surface area contributed by atoms with Crippen molar-refractivity contribution in [2.24, 2.45) is 0 Å². The number of nitrogens with zero attached hydrogens (tertiary/aromatic N) is 2. The van der Waals surface area contributed by atoms with Crippen LogP contribution in [-0.4, -0.2) is 23.0 Å². The second kappa shape index (κ2) is 4.43. The summed E-state index contributed by atoms with van der Waals surface area (Å²) in [5, 5.41) is 0. The molecule has 0 saturated heterocycles. The summed E-state index contributed by atoms with van der Waals surface area (Å²) in [4.78, 5) is 18.5. The molecule has 1 aromatic heterocycles. The lowest BCUT2D eigenvalue weighted by molar-refractivity contribution is -0.140. The first kappa shape index (κ1) is 8.64. The molecule has 1 heterocycles. The van der Waals surface area contributed by atoms with Gasteiger partial charge in [0.25, 0.3) is 0 Å². The quantitative estimate of drug-likeness (QED) is 0.616. The summed E-state index contributed by atoms with van der Waals surface area (Å²) in [5.74, 6) is -0.214. The standard InChI is InChI=1S/C8H10N2O2/c1-12-8(11)3-2-7-4-5-9-6-10-7/h4-6H,2-3H2,1H3. The van der Waals surface area contributed by atoms with Gasteiger partial charge in [-0.05, 0) is 6.07 Å². The zero-order valence-corrected chi connectivity index (χ0v) is 6.86. The normalized spacial score (nSPS) is 9.42. The summed E-state index contributed by atoms with van der Waals surface area (Å²) in [6.07, 6.45) is 4.09. The van der Waals surface area contributed by atoms with Crippen molar-refractivity contribution in [2.45, 2.75) is 12.8 Å². The molecule has 0 aliphatic carbocycles. The third-order valence-corrected chi connectivity index (χ3v) is 1.46. The minimum Gasteiger partial charge on any atom is -0.469 e. The van der Waals surface area contributed by atoms with Crippen LogP contribution < -0.4 is 0 Å². The van der Waals surface area contributed by atoms with Gasteiger partial charge in [-0.1, -0.05) is 0 Å². The van der Waals surface area contributed by atoms with E-state index < -0.39 is 0 Å². The highest BCUT2D eigenvalue weighted by Gasteiger charge is 2.00. The van der Waals surface area contributed by atoms with Crippen molar-refractivity contribution in [3.63, 3.8) is 0 Å². The summed E-state index contributed by atoms with van der Waals surface area (Å²) in [5.41, 5.74) is 0.857. The lowest BCUT2D eigenvalue weighted by Gasteiger charge is -1.97. The lowest BCUT2D eigenvalue weighted by Crippen LogP contribution is -2.02. The number of aryl methyl sites for hydroxylation is 1. The largest absolute Gasteiger partial charge is 0.469 e. The smallest absolute Gasteiger partial charge is 0.305 e. The SMILES string of the molecule is COC(=O)CCc1ccncn1. The third-order valence-electron chi connectivity index (χ3n) is 1.46. The number of methoxy groups -OCH3 is 1. The fraction of sp³-hybridized carbons (Fsp3) is 0.375. The van der Waals surface area contributed by atoms with Crippen molar-refractivity contribution >= 4 is 5.97 Å². The average molecular weight is 166 g/mol. The Bertz CT molecular complexity index is 248. The van der Waals surface area contributed by atoms with Crippen molar-refractivity contribution in [2.75, 3.05) is 7.11 Å². The van der Waals surface area contributed by atoms with Crippen LogP contribution in [0.4, 0.5) is 0 Å². The van der Waals surface area contributed by atoms with Crippen molar-refractivity contribution < 1.29 is 9.53 Å². The fourth-order valence-electron chi connectivity index (χ4n) is 0.798. The first-order valence-electron chi connectivity index (χ1n) is 3.64. The summed E-state index contributed by atoms with van der Waals surface area (Å²) < 4.78 is 4.49. The number of hydrogen-bond donors (Lipinski definition) is 0. The second-order valence-corrected chi connectivity index (χ2v) is 2.28. The molecule has 4 heteroatoms. The summed E-state index contributed by atoms with van der Waals surface area (Å²) in [7, 11) is 1.38. The van der Waals surface area contributed by atoms with Gasteiger partial charge in [-0.15, -0.1) is 0 Å². The molecule has 1 rings (SSSR count). The summed E-state index contributed by atoms with van der Waals surface area (Å²) >= 11 is 0. The Kier molecular flexibility index (Phi) is 3.19. The highest BCUT2D eigenvalue weighted by atomic mass is 16.5. The van der Waals surface area contributed by atoms with Crippen LogP contribution in [0.3, 0.4) is 0 Å². The van der Waals surface area contributed by atoms with Crippen LogP contribution in [0.25, 0.3) is 0 Å². The van der Waals surface area contributed by atoms with Crippen LogP contribution in [0.2, 0.25) is 0 Å². The number of rotatable bonds is 3. The summed E-state index contributed by atoms with van der Waals surface area (Å²) in [6, 6.07) is 1.78. The van der Waals surface area contributed by atoms with E-state index in [1.54, 1.807) is 12.3 Å². The average Bonchev–Trinajstić information content (AvgIpc) is 2.16. The molecule has 0 aromatic carbocycles. The first-order valence-corrected chi connectivity index (χ1v) is 3.64. The monoisotopic (exact) mass is 166 g/mol. The van der Waals surface area contributed by atoms with Gasteiger partial charge in [-0.25, -0.2) is 9.97 Å². The summed E-state index contributed by atoms with van der Waals surface area (Å²) in [6.45, 7) is 0. The van der Waals surface area contributed by atoms with Crippen LogP contribution in [0.5, 0.6) is 0 Å². The molecule has 0 spiro atoms. The predicted octanol–water partition coefficient (Wildman–Crippen LogP) is 0.582. The Hall–Kier alpha value is -1.45. The van der Waals surface area contributed by atoms with Crippen molar-refractivity contribution in [3.8, 4) is 0 Å². The number of ether oxygens (including phenoxy) is 1. The van der Waals surface area contributed by atoms with Crippen molar-refractivity contribution in [1.29, 1.82) is 0 Å². The number of hydrogen-bond acceptors (Lipinski definition) is 4. The van der Waals surface area contributed by atoms with Gasteiger partial charge in [0.15, 0.2) is 0 Å². The lowest BCUT2D eigenvalue weighted by atomic mass is 10.2. The van der Waals surface area contributed by atoms with E-state index in [1.807, 2.05) is 0 Å². The molecule has 0 saturated carbocycles. The first-order chi connectivity index (χ1) is 5.83. The predicted molar refractivity (Wildman–Crippen MR) is 42.4 cm³/mol. The van der Waals surface area contributed by atoms with Crippen molar-refractivity contribution in [1.82, 2.24) is 9.97 Å². The van der Waals surface area contributed by atoms with Crippen LogP contribution >= 0.6 is 0 Å². The van der Waals surface area contributed by atoms with E-state index in [4.69, 9.17) is 0 Å². The van der Waals surface area contributed by atoms with Gasteiger partial charge in [-0.3, -0.25) is 4.79 Å². The molecule has 0 N–H and O–H groups in total. The molecule has 0 bridgehead atoms. The van der Waals surface area contributed by atoms with E-state index >= 15 is 0 Å². The molecule has 0 fully saturated rings. The molecule has 12 heavy (non-hydrogen) atoms. The molecule has 0 unspecified atom stereocenters. The van der Waals surface area contributed by atoms with E-state index in [0.29, 0.717) is 12.8 Å². The maximum atomic E-state index is 10.7. The molecular formula is C8H10N2O2. The maximum absolute atomic E-state index is 10.7. The molecule has 1 aromatic rings. The van der Waals surface area contributed by atoms with Crippen LogP contribution in [-0.2, 0) is 16.0 Å². The van der Waals surface area contributed by atoms with Gasteiger partial charge in [0.05, 0.1) is 13.5 Å². The Morgan fingerprint density at radius 2 is 2.50 bits per heavy atom. The van der Waals surface area contributed by atoms with Crippen LogP contribution in [0, 0.1) is 0 Å². The molecule has 0 radical (unpaired) electrons. The van der Waals surface area contributed by atoms with Crippen LogP contribution in [0.1, 0.15) is 12.1 Å². The van der Waals surface area contributed by atoms with Gasteiger partial charge < -0.3 is 4.74 Å². The van der Waals surface area contributed by atoms with Gasteiger partial charge in [0.2, 0.25) is 0 Å². The minimum absolute atomic E-state index is 0.214. The molecule has 0 amide bonds. The Labute approximate surface area is 70.6 Å². The third kappa shape index (κ3) is 2.65. The van der Waals surface area contributed by atoms with Gasteiger partial charge in [0.1, 0.15) is 6.33 Å². The van der Waals surface area contributed by atoms with Gasteiger partial charge in [0, 0.05) is 18.3 Å².